The van der Waals surface area contributed by atoms with E-state index in [1.807, 2.05) is 20.2 Å². The van der Waals surface area contributed by atoms with Crippen LogP contribution in [0.3, 0.4) is 0 Å². The van der Waals surface area contributed by atoms with Gasteiger partial charge < -0.3 is 10.4 Å². The van der Waals surface area contributed by atoms with Crippen LogP contribution < -0.4 is 5.32 Å². The van der Waals surface area contributed by atoms with Crippen LogP contribution in [0.2, 0.25) is 0 Å². The van der Waals surface area contributed by atoms with E-state index >= 15 is 0 Å². The number of carbonyl (C=O) groups excluding carboxylic acids is 1. The molecule has 2 atom stereocenters. The molecule has 1 amide bonds. The smallest absolute Gasteiger partial charge is 0.308 e. The first-order chi connectivity index (χ1) is 11.8. The van der Waals surface area contributed by atoms with Gasteiger partial charge in [-0.25, -0.2) is 4.98 Å². The largest absolute Gasteiger partial charge is 0.481 e. The average Bonchev–Trinajstić information content (AvgIpc) is 3.13. The molecule has 8 heteroatoms. The van der Waals surface area contributed by atoms with E-state index in [4.69, 9.17) is 0 Å². The number of aryl methyl sites for hydroxylation is 2. The lowest BCUT2D eigenvalue weighted by atomic mass is 9.74. The molecule has 1 aliphatic rings. The van der Waals surface area contributed by atoms with Crippen LogP contribution in [-0.4, -0.2) is 37.3 Å². The Labute approximate surface area is 150 Å². The zero-order chi connectivity index (χ0) is 18.2. The third-order valence-electron chi connectivity index (χ3n) is 4.86. The molecule has 1 aliphatic carbocycles. The van der Waals surface area contributed by atoms with E-state index in [1.165, 1.54) is 11.3 Å². The van der Waals surface area contributed by atoms with Crippen molar-refractivity contribution in [2.45, 2.75) is 45.1 Å². The Morgan fingerprint density at radius 2 is 2.20 bits per heavy atom. The lowest BCUT2D eigenvalue weighted by molar-refractivity contribution is -0.145. The molecule has 2 N–H and O–H groups in total. The van der Waals surface area contributed by atoms with Crippen molar-refractivity contribution in [1.29, 1.82) is 0 Å². The predicted octanol–water partition coefficient (Wildman–Crippen LogP) is 2.62. The summed E-state index contributed by atoms with van der Waals surface area (Å²) in [6.07, 6.45) is 6.62. The number of aliphatic carboxylic acids is 1. The van der Waals surface area contributed by atoms with Crippen molar-refractivity contribution in [1.82, 2.24) is 20.1 Å². The number of rotatable bonds is 4. The minimum Gasteiger partial charge on any atom is -0.481 e. The van der Waals surface area contributed by atoms with Gasteiger partial charge in [0.05, 0.1) is 23.3 Å². The molecule has 0 bridgehead atoms. The van der Waals surface area contributed by atoms with Crippen molar-refractivity contribution in [2.24, 2.45) is 13.0 Å². The van der Waals surface area contributed by atoms with E-state index in [0.717, 1.165) is 23.4 Å². The molecular weight excluding hydrogens is 340 g/mol. The normalized spacial score (nSPS) is 23.4. The van der Waals surface area contributed by atoms with E-state index in [0.29, 0.717) is 23.4 Å². The van der Waals surface area contributed by atoms with Crippen molar-refractivity contribution in [2.75, 3.05) is 0 Å². The molecule has 0 saturated heterocycles. The average molecular weight is 362 g/mol. The van der Waals surface area contributed by atoms with Crippen LogP contribution in [0.15, 0.2) is 12.4 Å². The minimum absolute atomic E-state index is 0.249. The number of thiazole rings is 1. The Balaban J connectivity index is 1.83. The van der Waals surface area contributed by atoms with Crippen LogP contribution in [0.5, 0.6) is 0 Å². The van der Waals surface area contributed by atoms with Gasteiger partial charge in [0.2, 0.25) is 0 Å². The molecule has 1 saturated carbocycles. The summed E-state index contributed by atoms with van der Waals surface area (Å²) in [4.78, 5) is 29.4. The SMILES string of the molecule is Cc1nc(-c2cnn(C)c2)sc1C(=O)NC1(C)CCCCC1C(=O)O. The topological polar surface area (TPSA) is 97.1 Å². The second-order valence-corrected chi connectivity index (χ2v) is 7.84. The van der Waals surface area contributed by atoms with Gasteiger partial charge in [0.25, 0.3) is 5.91 Å². The van der Waals surface area contributed by atoms with Gasteiger partial charge in [0, 0.05) is 18.8 Å². The summed E-state index contributed by atoms with van der Waals surface area (Å²) in [5.41, 5.74) is 0.779. The summed E-state index contributed by atoms with van der Waals surface area (Å²) < 4.78 is 1.69. The van der Waals surface area contributed by atoms with Crippen molar-refractivity contribution >= 4 is 23.2 Å². The van der Waals surface area contributed by atoms with Gasteiger partial charge in [0.1, 0.15) is 9.88 Å². The van der Waals surface area contributed by atoms with Crippen LogP contribution in [0.25, 0.3) is 10.6 Å². The molecule has 0 aromatic carbocycles. The Bertz CT molecular complexity index is 813. The first-order valence-electron chi connectivity index (χ1n) is 8.32. The first-order valence-corrected chi connectivity index (χ1v) is 9.13. The predicted molar refractivity (Wildman–Crippen MR) is 94.5 cm³/mol. The number of hydrogen-bond acceptors (Lipinski definition) is 5. The highest BCUT2D eigenvalue weighted by molar-refractivity contribution is 7.17. The Hall–Kier alpha value is -2.22. The van der Waals surface area contributed by atoms with Crippen LogP contribution in [0.4, 0.5) is 0 Å². The molecule has 0 radical (unpaired) electrons. The number of carboxylic acids is 1. The van der Waals surface area contributed by atoms with Gasteiger partial charge in [0.15, 0.2) is 0 Å². The summed E-state index contributed by atoms with van der Waals surface area (Å²) in [7, 11) is 1.83. The third kappa shape index (κ3) is 3.44. The fraction of sp³-hybridized carbons (Fsp3) is 0.529. The van der Waals surface area contributed by atoms with Crippen LogP contribution >= 0.6 is 11.3 Å². The standard InChI is InChI=1S/C17H22N4O3S/c1-10-13(25-15(19-10)11-8-18-21(3)9-11)14(22)20-17(2)7-5-4-6-12(17)16(23)24/h8-9,12H,4-7H2,1-3H3,(H,20,22)(H,23,24). The molecular formula is C17H22N4O3S. The molecule has 7 nitrogen and oxygen atoms in total. The number of amides is 1. The molecule has 3 rings (SSSR count). The third-order valence-corrected chi connectivity index (χ3v) is 6.07. The van der Waals surface area contributed by atoms with Crippen molar-refractivity contribution < 1.29 is 14.7 Å². The number of carbonyl (C=O) groups is 2. The number of carboxylic acid groups (broad SMARTS) is 1. The summed E-state index contributed by atoms with van der Waals surface area (Å²) in [5, 5.41) is 17.3. The van der Waals surface area contributed by atoms with E-state index in [1.54, 1.807) is 17.8 Å². The molecule has 1 fully saturated rings. The van der Waals surface area contributed by atoms with Gasteiger partial charge >= 0.3 is 5.97 Å². The summed E-state index contributed by atoms with van der Waals surface area (Å²) in [6.45, 7) is 3.63. The lowest BCUT2D eigenvalue weighted by Crippen LogP contribution is -2.55. The molecule has 0 spiro atoms. The van der Waals surface area contributed by atoms with Gasteiger partial charge in [-0.1, -0.05) is 12.8 Å². The van der Waals surface area contributed by atoms with Gasteiger partial charge in [-0.3, -0.25) is 14.3 Å². The number of aromatic nitrogens is 3. The van der Waals surface area contributed by atoms with Crippen LogP contribution in [0, 0.1) is 12.8 Å². The molecule has 2 unspecified atom stereocenters. The highest BCUT2D eigenvalue weighted by Gasteiger charge is 2.42. The van der Waals surface area contributed by atoms with Crippen molar-refractivity contribution in [3.63, 3.8) is 0 Å². The van der Waals surface area contributed by atoms with E-state index in [2.05, 4.69) is 15.4 Å². The van der Waals surface area contributed by atoms with Gasteiger partial charge in [-0.05, 0) is 26.7 Å². The fourth-order valence-corrected chi connectivity index (χ4v) is 4.39. The number of nitrogens with zero attached hydrogens (tertiary/aromatic N) is 3. The Morgan fingerprint density at radius 3 is 2.84 bits per heavy atom. The van der Waals surface area contributed by atoms with Crippen molar-refractivity contribution in [3.8, 4) is 10.6 Å². The van der Waals surface area contributed by atoms with Gasteiger partial charge in [-0.2, -0.15) is 5.10 Å². The molecule has 134 valence electrons. The zero-order valence-corrected chi connectivity index (χ0v) is 15.4. The van der Waals surface area contributed by atoms with Crippen LogP contribution in [0.1, 0.15) is 48.0 Å². The summed E-state index contributed by atoms with van der Waals surface area (Å²) in [6, 6.07) is 0. The van der Waals surface area contributed by atoms with Gasteiger partial charge in [-0.15, -0.1) is 11.3 Å². The van der Waals surface area contributed by atoms with E-state index < -0.39 is 17.4 Å². The highest BCUT2D eigenvalue weighted by atomic mass is 32.1. The first kappa shape index (κ1) is 17.6. The number of nitrogens with one attached hydrogen (secondary N) is 1. The quantitative estimate of drug-likeness (QED) is 0.871. The van der Waals surface area contributed by atoms with E-state index in [9.17, 15) is 14.7 Å². The van der Waals surface area contributed by atoms with Crippen LogP contribution in [-0.2, 0) is 11.8 Å². The van der Waals surface area contributed by atoms with E-state index in [-0.39, 0.29) is 5.91 Å². The summed E-state index contributed by atoms with van der Waals surface area (Å²) >= 11 is 1.31. The maximum atomic E-state index is 12.8. The van der Waals surface area contributed by atoms with Crippen molar-refractivity contribution in [3.05, 3.63) is 23.0 Å². The monoisotopic (exact) mass is 362 g/mol. The fourth-order valence-electron chi connectivity index (χ4n) is 3.46. The molecule has 25 heavy (non-hydrogen) atoms. The zero-order valence-electron chi connectivity index (χ0n) is 14.6. The Kier molecular flexibility index (Phi) is 4.64. The molecule has 2 aromatic rings. The molecule has 0 aliphatic heterocycles. The molecule has 2 aromatic heterocycles. The lowest BCUT2D eigenvalue weighted by Gasteiger charge is -2.39. The minimum atomic E-state index is -0.848. The molecule has 2 heterocycles. The second-order valence-electron chi connectivity index (χ2n) is 6.84. The number of hydrogen-bond donors (Lipinski definition) is 2. The Morgan fingerprint density at radius 1 is 1.44 bits per heavy atom. The highest BCUT2D eigenvalue weighted by Crippen LogP contribution is 2.35. The maximum absolute atomic E-state index is 12.8. The second kappa shape index (κ2) is 6.59. The maximum Gasteiger partial charge on any atom is 0.308 e. The summed E-state index contributed by atoms with van der Waals surface area (Å²) in [5.74, 6) is -1.66.